The maximum absolute atomic E-state index is 15.1. The minimum Gasteiger partial charge on any atom is -0.497 e. The molecule has 12 heteroatoms. The van der Waals surface area contributed by atoms with Crippen LogP contribution in [0.1, 0.15) is 37.3 Å². The number of ether oxygens (including phenoxy) is 2. The van der Waals surface area contributed by atoms with E-state index in [1.165, 1.54) is 5.19 Å². The molecule has 270 valence electrons. The van der Waals surface area contributed by atoms with Crippen LogP contribution in [0.5, 0.6) is 5.75 Å². The number of rotatable bonds is 9. The fraction of sp³-hybridized carbons (Fsp3) is 0.462. The number of nitrogens with zero attached hydrogens (tertiary/aromatic N) is 3. The van der Waals surface area contributed by atoms with Crippen molar-refractivity contribution < 1.29 is 29.0 Å². The summed E-state index contributed by atoms with van der Waals surface area (Å²) in [5.74, 6) is 0.292. The van der Waals surface area contributed by atoms with E-state index in [-0.39, 0.29) is 48.3 Å². The highest BCUT2D eigenvalue weighted by molar-refractivity contribution is 6.91. The summed E-state index contributed by atoms with van der Waals surface area (Å²) in [6, 6.07) is 21.3. The molecule has 2 N–H and O–H groups in total. The summed E-state index contributed by atoms with van der Waals surface area (Å²) < 4.78 is 12.6. The Morgan fingerprint density at radius 2 is 1.82 bits per heavy atom. The van der Waals surface area contributed by atoms with Crippen molar-refractivity contribution in [3.05, 3.63) is 82.9 Å². The van der Waals surface area contributed by atoms with Crippen molar-refractivity contribution in [2.24, 2.45) is 5.92 Å². The summed E-state index contributed by atoms with van der Waals surface area (Å²) in [4.78, 5) is 47.0. The molecule has 0 aliphatic carbocycles. The molecule has 0 saturated carbocycles. The summed E-state index contributed by atoms with van der Waals surface area (Å²) in [6.07, 6.45) is 1.21. The zero-order valence-electron chi connectivity index (χ0n) is 29.7. The number of methoxy groups -OCH3 is 1. The lowest BCUT2D eigenvalue weighted by molar-refractivity contribution is -0.150. The van der Waals surface area contributed by atoms with Gasteiger partial charge in [0.05, 0.1) is 59.1 Å². The molecule has 5 atom stereocenters. The number of hydrogen-bond donors (Lipinski definition) is 2. The van der Waals surface area contributed by atoms with Crippen molar-refractivity contribution in [3.63, 3.8) is 0 Å². The van der Waals surface area contributed by atoms with Crippen molar-refractivity contribution in [1.29, 1.82) is 0 Å². The number of nitrogens with one attached hydrogen (secondary N) is 1. The number of amides is 3. The van der Waals surface area contributed by atoms with Crippen LogP contribution in [0, 0.1) is 5.92 Å². The first kappa shape index (κ1) is 35.7. The average molecular weight is 731 g/mol. The molecule has 51 heavy (non-hydrogen) atoms. The third kappa shape index (κ3) is 6.16. The molecule has 3 aromatic carbocycles. The Balaban J connectivity index is 1.25. The molecular weight excluding hydrogens is 684 g/mol. The van der Waals surface area contributed by atoms with Gasteiger partial charge in [-0.3, -0.25) is 14.4 Å². The van der Waals surface area contributed by atoms with Crippen LogP contribution in [0.3, 0.4) is 0 Å². The Bertz CT molecular complexity index is 1810. The smallest absolute Gasteiger partial charge is 0.264 e. The number of carbonyl (C=O) groups is 3. The molecule has 0 unspecified atom stereocenters. The second kappa shape index (κ2) is 14.0. The lowest BCUT2D eigenvalue weighted by Crippen LogP contribution is -2.52. The standard InChI is InChI=1S/C39H47ClN4O6Si/c1-25-37(51(3,4)31-14-12-30(49-2)13-15-31)34(21-35(46)42-18-5-6-29(42)24-45)50-39(25)32-20-27(40)9-16-33(32)44(38(39)48)23-26-7-10-28(11-8-26)43-19-17-41-22-36(43)47/h7-16,20,25,29,34,37,41,45H,5-6,17-19,21-24H2,1-4H3/t25-,29+,34+,37-,39+/m1/s1. The average Bonchev–Trinajstić information content (AvgIpc) is 3.79. The van der Waals surface area contributed by atoms with Crippen molar-refractivity contribution in [2.45, 2.75) is 69.1 Å². The maximum Gasteiger partial charge on any atom is 0.264 e. The van der Waals surface area contributed by atoms with E-state index in [0.717, 1.165) is 47.6 Å². The fourth-order valence-electron chi connectivity index (χ4n) is 9.13. The number of piperazine rings is 1. The molecule has 3 amide bonds. The number of fused-ring (bicyclic) bond motifs is 2. The first-order chi connectivity index (χ1) is 24.5. The molecule has 0 aromatic heterocycles. The SMILES string of the molecule is COc1ccc([Si](C)(C)[C@H]2[C@H](CC(=O)N3CCC[C@H]3CO)O[C@@]3(C(=O)N(Cc4ccc(N5CCNCC5=O)cc4)c4ccc(Cl)cc43)[C@@H]2C)cc1. The Morgan fingerprint density at radius 3 is 2.51 bits per heavy atom. The molecular formula is C39H47ClN4O6Si. The topological polar surface area (TPSA) is 112 Å². The number of aliphatic hydroxyl groups excluding tert-OH is 1. The Labute approximate surface area is 305 Å². The highest BCUT2D eigenvalue weighted by atomic mass is 35.5. The Morgan fingerprint density at radius 1 is 1.08 bits per heavy atom. The van der Waals surface area contributed by atoms with Gasteiger partial charge in [0.1, 0.15) is 5.75 Å². The van der Waals surface area contributed by atoms with Gasteiger partial charge in [-0.1, -0.05) is 61.1 Å². The van der Waals surface area contributed by atoms with Gasteiger partial charge in [-0.15, -0.1) is 0 Å². The third-order valence-electron chi connectivity index (χ3n) is 11.8. The van der Waals surface area contributed by atoms with Crippen LogP contribution in [-0.4, -0.2) is 87.8 Å². The first-order valence-corrected chi connectivity index (χ1v) is 21.4. The summed E-state index contributed by atoms with van der Waals surface area (Å²) in [5, 5.41) is 14.8. The number of anilines is 2. The van der Waals surface area contributed by atoms with Gasteiger partial charge in [-0.25, -0.2) is 0 Å². The van der Waals surface area contributed by atoms with Crippen molar-refractivity contribution in [1.82, 2.24) is 10.2 Å². The number of hydrogen-bond acceptors (Lipinski definition) is 7. The molecule has 3 saturated heterocycles. The summed E-state index contributed by atoms with van der Waals surface area (Å²) in [5.41, 5.74) is 1.75. The second-order valence-electron chi connectivity index (χ2n) is 14.9. The number of carbonyl (C=O) groups excluding carboxylic acids is 3. The van der Waals surface area contributed by atoms with Crippen LogP contribution in [-0.2, 0) is 31.3 Å². The van der Waals surface area contributed by atoms with Crippen LogP contribution in [0.2, 0.25) is 23.7 Å². The van der Waals surface area contributed by atoms with E-state index >= 15 is 4.79 Å². The molecule has 4 heterocycles. The number of likely N-dealkylation sites (tertiary alicyclic amines) is 1. The quantitative estimate of drug-likeness (QED) is 0.314. The Hall–Kier alpha value is -3.74. The van der Waals surface area contributed by atoms with Gasteiger partial charge in [0, 0.05) is 41.8 Å². The number of halogens is 1. The van der Waals surface area contributed by atoms with Crippen LogP contribution in [0.25, 0.3) is 0 Å². The molecule has 3 aromatic rings. The van der Waals surface area contributed by atoms with Crippen molar-refractivity contribution in [2.75, 3.05) is 49.7 Å². The maximum atomic E-state index is 15.1. The summed E-state index contributed by atoms with van der Waals surface area (Å²) in [6.45, 7) is 9.19. The van der Waals surface area contributed by atoms with Crippen LogP contribution in [0.4, 0.5) is 11.4 Å². The van der Waals surface area contributed by atoms with Gasteiger partial charge in [-0.2, -0.15) is 0 Å². The number of aliphatic hydroxyl groups is 1. The predicted molar refractivity (Wildman–Crippen MR) is 200 cm³/mol. The highest BCUT2D eigenvalue weighted by Gasteiger charge is 2.66. The van der Waals surface area contributed by atoms with E-state index in [2.05, 4.69) is 37.5 Å². The molecule has 7 rings (SSSR count). The van der Waals surface area contributed by atoms with Gasteiger partial charge in [0.2, 0.25) is 11.8 Å². The third-order valence-corrected chi connectivity index (χ3v) is 16.4. The van der Waals surface area contributed by atoms with Crippen molar-refractivity contribution >= 4 is 54.0 Å². The normalized spacial score (nSPS) is 26.4. The lowest BCUT2D eigenvalue weighted by atomic mass is 9.82. The molecule has 0 radical (unpaired) electrons. The van der Waals surface area contributed by atoms with Crippen LogP contribution >= 0.6 is 11.6 Å². The second-order valence-corrected chi connectivity index (χ2v) is 20.0. The van der Waals surface area contributed by atoms with E-state index in [1.807, 2.05) is 48.5 Å². The zero-order chi connectivity index (χ0) is 36.1. The monoisotopic (exact) mass is 730 g/mol. The summed E-state index contributed by atoms with van der Waals surface area (Å²) >= 11 is 6.67. The fourth-order valence-corrected chi connectivity index (χ4v) is 13.3. The summed E-state index contributed by atoms with van der Waals surface area (Å²) in [7, 11) is -0.815. The molecule has 1 spiro atoms. The molecule has 10 nitrogen and oxygen atoms in total. The van der Waals surface area contributed by atoms with E-state index in [1.54, 1.807) is 27.9 Å². The van der Waals surface area contributed by atoms with E-state index in [4.69, 9.17) is 21.1 Å². The van der Waals surface area contributed by atoms with Gasteiger partial charge < -0.3 is 34.6 Å². The number of benzene rings is 3. The minimum absolute atomic E-state index is 0.0316. The van der Waals surface area contributed by atoms with Crippen molar-refractivity contribution in [3.8, 4) is 5.75 Å². The minimum atomic E-state index is -2.46. The van der Waals surface area contributed by atoms with E-state index in [0.29, 0.717) is 31.2 Å². The van der Waals surface area contributed by atoms with Gasteiger partial charge in [0.15, 0.2) is 5.60 Å². The largest absolute Gasteiger partial charge is 0.497 e. The predicted octanol–water partition coefficient (Wildman–Crippen LogP) is 4.42. The highest BCUT2D eigenvalue weighted by Crippen LogP contribution is 2.60. The zero-order valence-corrected chi connectivity index (χ0v) is 31.5. The lowest BCUT2D eigenvalue weighted by Gasteiger charge is -2.37. The van der Waals surface area contributed by atoms with Gasteiger partial charge in [-0.05, 0) is 66.4 Å². The molecule has 3 fully saturated rings. The molecule has 4 aliphatic heterocycles. The van der Waals surface area contributed by atoms with Gasteiger partial charge in [0.25, 0.3) is 5.91 Å². The Kier molecular flexibility index (Phi) is 9.79. The molecule has 4 aliphatic rings. The van der Waals surface area contributed by atoms with E-state index < -0.39 is 19.8 Å². The van der Waals surface area contributed by atoms with Crippen LogP contribution < -0.4 is 25.0 Å². The van der Waals surface area contributed by atoms with Gasteiger partial charge >= 0.3 is 0 Å². The van der Waals surface area contributed by atoms with E-state index in [9.17, 15) is 14.7 Å². The first-order valence-electron chi connectivity index (χ1n) is 17.9. The van der Waals surface area contributed by atoms with Crippen LogP contribution in [0.15, 0.2) is 66.7 Å². The molecule has 0 bridgehead atoms.